The molecular formula is C16H30N4. The minimum Gasteiger partial charge on any atom is -0.330 e. The fourth-order valence-electron chi connectivity index (χ4n) is 2.89. The minimum atomic E-state index is 0.658. The number of fused-ring (bicyclic) bond motifs is 1. The van der Waals surface area contributed by atoms with Gasteiger partial charge in [0.1, 0.15) is 5.82 Å². The highest BCUT2D eigenvalue weighted by Crippen LogP contribution is 2.17. The number of imidazole rings is 1. The van der Waals surface area contributed by atoms with Crippen molar-refractivity contribution < 1.29 is 0 Å². The fraction of sp³-hybridized carbons (Fsp3) is 0.812. The lowest BCUT2D eigenvalue weighted by Gasteiger charge is -2.25. The number of aromatic nitrogens is 2. The molecule has 4 nitrogen and oxygen atoms in total. The monoisotopic (exact) mass is 278 g/mol. The number of nitrogens with one attached hydrogen (secondary N) is 1. The van der Waals surface area contributed by atoms with Crippen LogP contribution in [0.15, 0.2) is 0 Å². The van der Waals surface area contributed by atoms with E-state index in [0.717, 1.165) is 39.0 Å². The van der Waals surface area contributed by atoms with Crippen LogP contribution in [0.4, 0.5) is 0 Å². The predicted molar refractivity (Wildman–Crippen MR) is 84.0 cm³/mol. The van der Waals surface area contributed by atoms with Crippen LogP contribution >= 0.6 is 0 Å². The molecule has 0 bridgehead atoms. The Morgan fingerprint density at radius 1 is 1.40 bits per heavy atom. The van der Waals surface area contributed by atoms with Crippen LogP contribution in [0.3, 0.4) is 0 Å². The second-order valence-corrected chi connectivity index (χ2v) is 5.99. The van der Waals surface area contributed by atoms with E-state index in [-0.39, 0.29) is 0 Å². The molecule has 2 heterocycles. The zero-order chi connectivity index (χ0) is 14.5. The van der Waals surface area contributed by atoms with Crippen LogP contribution in [0.25, 0.3) is 0 Å². The van der Waals surface area contributed by atoms with E-state index in [9.17, 15) is 0 Å². The Labute approximate surface area is 123 Å². The highest BCUT2D eigenvalue weighted by atomic mass is 15.2. The summed E-state index contributed by atoms with van der Waals surface area (Å²) in [5.74, 6) is 1.29. The Morgan fingerprint density at radius 2 is 2.20 bits per heavy atom. The van der Waals surface area contributed by atoms with Crippen LogP contribution in [-0.2, 0) is 25.9 Å². The van der Waals surface area contributed by atoms with Crippen LogP contribution in [0, 0.1) is 0 Å². The molecule has 0 aromatic carbocycles. The minimum absolute atomic E-state index is 0.658. The molecule has 4 heteroatoms. The maximum absolute atomic E-state index is 4.87. The molecule has 0 saturated carbocycles. The third-order valence-electron chi connectivity index (χ3n) is 4.56. The summed E-state index contributed by atoms with van der Waals surface area (Å²) < 4.78 is 2.50. The van der Waals surface area contributed by atoms with Crippen molar-refractivity contribution in [2.75, 3.05) is 20.1 Å². The molecule has 2 rings (SSSR count). The molecule has 1 aromatic heterocycles. The summed E-state index contributed by atoms with van der Waals surface area (Å²) >= 11 is 0. The Morgan fingerprint density at radius 3 is 2.90 bits per heavy atom. The van der Waals surface area contributed by atoms with Gasteiger partial charge >= 0.3 is 0 Å². The maximum Gasteiger partial charge on any atom is 0.109 e. The Balaban J connectivity index is 2.10. The predicted octanol–water partition coefficient (Wildman–Crippen LogP) is 2.21. The Hall–Kier alpha value is -0.870. The van der Waals surface area contributed by atoms with Crippen LogP contribution in [0.1, 0.15) is 50.8 Å². The van der Waals surface area contributed by atoms with E-state index in [1.807, 2.05) is 0 Å². The van der Waals surface area contributed by atoms with Gasteiger partial charge in [-0.3, -0.25) is 0 Å². The van der Waals surface area contributed by atoms with Crippen molar-refractivity contribution in [2.24, 2.45) is 0 Å². The molecule has 114 valence electrons. The zero-order valence-electron chi connectivity index (χ0n) is 13.6. The molecule has 0 aliphatic carbocycles. The van der Waals surface area contributed by atoms with Crippen molar-refractivity contribution in [1.29, 1.82) is 0 Å². The molecule has 1 atom stereocenters. The zero-order valence-corrected chi connectivity index (χ0v) is 13.6. The molecule has 0 spiro atoms. The van der Waals surface area contributed by atoms with Crippen LogP contribution in [0.2, 0.25) is 0 Å². The van der Waals surface area contributed by atoms with Crippen LogP contribution < -0.4 is 5.32 Å². The van der Waals surface area contributed by atoms with E-state index in [4.69, 9.17) is 4.98 Å². The summed E-state index contributed by atoms with van der Waals surface area (Å²) in [4.78, 5) is 7.33. The highest BCUT2D eigenvalue weighted by molar-refractivity contribution is 5.20. The van der Waals surface area contributed by atoms with Crippen molar-refractivity contribution in [2.45, 2.75) is 65.6 Å². The number of nitrogens with zero attached hydrogens (tertiary/aromatic N) is 3. The van der Waals surface area contributed by atoms with Gasteiger partial charge in [-0.2, -0.15) is 0 Å². The summed E-state index contributed by atoms with van der Waals surface area (Å²) in [5.41, 5.74) is 2.76. The number of likely N-dealkylation sites (N-methyl/N-ethyl adjacent to an activating group) is 1. The smallest absolute Gasteiger partial charge is 0.109 e. The Bertz CT molecular complexity index is 424. The topological polar surface area (TPSA) is 33.1 Å². The summed E-state index contributed by atoms with van der Waals surface area (Å²) in [5, 5.41) is 3.43. The van der Waals surface area contributed by atoms with Gasteiger partial charge in [-0.15, -0.1) is 0 Å². The number of hydrogen-bond donors (Lipinski definition) is 1. The lowest BCUT2D eigenvalue weighted by atomic mass is 10.2. The van der Waals surface area contributed by atoms with Gasteiger partial charge in [0.15, 0.2) is 0 Å². The molecule has 1 unspecified atom stereocenters. The van der Waals surface area contributed by atoms with Gasteiger partial charge in [-0.25, -0.2) is 4.98 Å². The molecule has 1 N–H and O–H groups in total. The first-order valence-electron chi connectivity index (χ1n) is 8.15. The molecule has 0 radical (unpaired) electrons. The summed E-state index contributed by atoms with van der Waals surface area (Å²) in [6, 6.07) is 0.658. The molecule has 1 aliphatic heterocycles. The second-order valence-electron chi connectivity index (χ2n) is 5.99. The van der Waals surface area contributed by atoms with E-state index in [0.29, 0.717) is 6.04 Å². The molecule has 0 saturated heterocycles. The van der Waals surface area contributed by atoms with Crippen molar-refractivity contribution in [3.63, 3.8) is 0 Å². The standard InChI is InChI=1S/C16H30N4/c1-5-7-16-18-14-12-17-9-8-15(14)20(16)11-10-19(4)13(3)6-2/h13,17H,5-12H2,1-4H3. The van der Waals surface area contributed by atoms with E-state index in [2.05, 4.69) is 42.6 Å². The van der Waals surface area contributed by atoms with Crippen LogP contribution in [-0.4, -0.2) is 40.6 Å². The third-order valence-corrected chi connectivity index (χ3v) is 4.56. The van der Waals surface area contributed by atoms with Gasteiger partial charge in [-0.05, 0) is 26.8 Å². The first-order valence-corrected chi connectivity index (χ1v) is 8.15. The van der Waals surface area contributed by atoms with Crippen molar-refractivity contribution in [1.82, 2.24) is 19.8 Å². The average Bonchev–Trinajstić information content (AvgIpc) is 2.81. The third kappa shape index (κ3) is 3.41. The second kappa shape index (κ2) is 7.23. The lowest BCUT2D eigenvalue weighted by Crippen LogP contribution is -2.32. The largest absolute Gasteiger partial charge is 0.330 e. The number of rotatable bonds is 7. The lowest BCUT2D eigenvalue weighted by molar-refractivity contribution is 0.240. The van der Waals surface area contributed by atoms with Crippen molar-refractivity contribution in [3.05, 3.63) is 17.2 Å². The molecule has 1 aromatic rings. The van der Waals surface area contributed by atoms with E-state index in [1.165, 1.54) is 30.1 Å². The van der Waals surface area contributed by atoms with E-state index in [1.54, 1.807) is 0 Å². The quantitative estimate of drug-likeness (QED) is 0.830. The summed E-state index contributed by atoms with van der Waals surface area (Å²) in [6.07, 6.45) is 4.61. The van der Waals surface area contributed by atoms with Crippen molar-refractivity contribution >= 4 is 0 Å². The first kappa shape index (κ1) is 15.5. The maximum atomic E-state index is 4.87. The summed E-state index contributed by atoms with van der Waals surface area (Å²) in [6.45, 7) is 11.0. The summed E-state index contributed by atoms with van der Waals surface area (Å²) in [7, 11) is 2.23. The Kier molecular flexibility index (Phi) is 5.61. The molecule has 1 aliphatic rings. The molecule has 0 fully saturated rings. The van der Waals surface area contributed by atoms with Gasteiger partial charge < -0.3 is 14.8 Å². The van der Waals surface area contributed by atoms with Gasteiger partial charge in [0.05, 0.1) is 5.69 Å². The molecule has 0 amide bonds. The van der Waals surface area contributed by atoms with Gasteiger partial charge in [-0.1, -0.05) is 13.8 Å². The van der Waals surface area contributed by atoms with E-state index >= 15 is 0 Å². The highest BCUT2D eigenvalue weighted by Gasteiger charge is 2.19. The van der Waals surface area contributed by atoms with Gasteiger partial charge in [0, 0.05) is 50.8 Å². The average molecular weight is 278 g/mol. The van der Waals surface area contributed by atoms with Gasteiger partial charge in [0.25, 0.3) is 0 Å². The molecule has 20 heavy (non-hydrogen) atoms. The fourth-order valence-corrected chi connectivity index (χ4v) is 2.89. The van der Waals surface area contributed by atoms with Crippen LogP contribution in [0.5, 0.6) is 0 Å². The van der Waals surface area contributed by atoms with E-state index < -0.39 is 0 Å². The van der Waals surface area contributed by atoms with Crippen molar-refractivity contribution in [3.8, 4) is 0 Å². The number of aryl methyl sites for hydroxylation is 1. The number of hydrogen-bond acceptors (Lipinski definition) is 3. The first-order chi connectivity index (χ1) is 9.67. The molecular weight excluding hydrogens is 248 g/mol. The SMILES string of the molecule is CCCc1nc2c(n1CCN(C)C(C)CC)CCNC2. The van der Waals surface area contributed by atoms with Gasteiger partial charge in [0.2, 0.25) is 0 Å². The normalized spacial score (nSPS) is 16.4.